The molecule has 0 spiro atoms. The quantitative estimate of drug-likeness (QED) is 0.292. The zero-order valence-corrected chi connectivity index (χ0v) is 21.6. The molecule has 0 radical (unpaired) electrons. The van der Waals surface area contributed by atoms with E-state index in [4.69, 9.17) is 18.9 Å². The van der Waals surface area contributed by atoms with E-state index in [-0.39, 0.29) is 12.2 Å². The minimum Gasteiger partial charge on any atom is -0.493 e. The second-order valence-corrected chi connectivity index (χ2v) is 8.73. The number of ether oxygens (including phenoxy) is 4. The number of hydrogen-bond donors (Lipinski definition) is 2. The van der Waals surface area contributed by atoms with Crippen LogP contribution in [0.15, 0.2) is 70.7 Å². The number of barbiturate groups is 1. The lowest BCUT2D eigenvalue weighted by Gasteiger charge is -2.16. The molecular formula is C27H23BrN2O7. The molecule has 2 N–H and O–H groups in total. The molecule has 0 aliphatic carbocycles. The number of hydrogen-bond acceptors (Lipinski definition) is 7. The van der Waals surface area contributed by atoms with Crippen LogP contribution >= 0.6 is 15.9 Å². The first-order chi connectivity index (χ1) is 17.9. The van der Waals surface area contributed by atoms with Crippen molar-refractivity contribution in [3.63, 3.8) is 0 Å². The molecular weight excluding hydrogens is 544 g/mol. The lowest BCUT2D eigenvalue weighted by Crippen LogP contribution is -2.51. The number of imide groups is 2. The van der Waals surface area contributed by atoms with Gasteiger partial charge in [0.2, 0.25) is 0 Å². The van der Waals surface area contributed by atoms with Gasteiger partial charge in [-0.2, -0.15) is 0 Å². The number of halogens is 1. The summed E-state index contributed by atoms with van der Waals surface area (Å²) in [5.74, 6) is 0.435. The third-order valence-electron chi connectivity index (χ3n) is 5.35. The average Bonchev–Trinajstić information content (AvgIpc) is 2.89. The number of urea groups is 1. The van der Waals surface area contributed by atoms with Crippen LogP contribution < -0.4 is 29.6 Å². The Labute approximate surface area is 221 Å². The maximum Gasteiger partial charge on any atom is 0.328 e. The monoisotopic (exact) mass is 566 g/mol. The normalized spacial score (nSPS) is 12.9. The zero-order chi connectivity index (χ0) is 26.4. The number of nitrogens with one attached hydrogen (secondary N) is 2. The highest BCUT2D eigenvalue weighted by Crippen LogP contribution is 2.38. The first-order valence-electron chi connectivity index (χ1n) is 11.1. The first-order valence-corrected chi connectivity index (χ1v) is 11.9. The highest BCUT2D eigenvalue weighted by Gasteiger charge is 2.28. The van der Waals surface area contributed by atoms with E-state index in [2.05, 4.69) is 15.9 Å². The predicted octanol–water partition coefficient (Wildman–Crippen LogP) is 4.37. The van der Waals surface area contributed by atoms with Crippen molar-refractivity contribution in [1.82, 2.24) is 10.6 Å². The Morgan fingerprint density at radius 1 is 0.757 bits per heavy atom. The van der Waals surface area contributed by atoms with E-state index in [1.165, 1.54) is 13.2 Å². The molecule has 3 aromatic rings. The van der Waals surface area contributed by atoms with Gasteiger partial charge in [-0.1, -0.05) is 36.4 Å². The van der Waals surface area contributed by atoms with Crippen molar-refractivity contribution in [2.45, 2.75) is 13.2 Å². The summed E-state index contributed by atoms with van der Waals surface area (Å²) >= 11 is 3.47. The fourth-order valence-electron chi connectivity index (χ4n) is 3.55. The number of methoxy groups -OCH3 is 2. The number of rotatable bonds is 9. The molecule has 0 bridgehead atoms. The molecule has 0 aromatic heterocycles. The fraction of sp³-hybridized carbons (Fsp3) is 0.148. The van der Waals surface area contributed by atoms with Crippen LogP contribution in [0.1, 0.15) is 16.7 Å². The highest BCUT2D eigenvalue weighted by atomic mass is 79.9. The van der Waals surface area contributed by atoms with Gasteiger partial charge in [-0.25, -0.2) is 4.79 Å². The van der Waals surface area contributed by atoms with Crippen LogP contribution in [0.3, 0.4) is 0 Å². The molecule has 4 amide bonds. The minimum atomic E-state index is -0.859. The summed E-state index contributed by atoms with van der Waals surface area (Å²) in [6.45, 7) is 0.622. The van der Waals surface area contributed by atoms with Crippen LogP contribution in [0.4, 0.5) is 4.79 Å². The molecule has 1 saturated heterocycles. The minimum absolute atomic E-state index is 0.205. The molecule has 9 nitrogen and oxygen atoms in total. The molecule has 3 aromatic carbocycles. The summed E-state index contributed by atoms with van der Waals surface area (Å²) in [6, 6.07) is 17.8. The van der Waals surface area contributed by atoms with Gasteiger partial charge in [0.25, 0.3) is 11.8 Å². The number of carbonyl (C=O) groups excluding carboxylic acids is 3. The molecule has 10 heteroatoms. The highest BCUT2D eigenvalue weighted by molar-refractivity contribution is 9.10. The Balaban J connectivity index is 1.48. The van der Waals surface area contributed by atoms with E-state index in [1.54, 1.807) is 19.2 Å². The van der Waals surface area contributed by atoms with Gasteiger partial charge in [0.1, 0.15) is 18.8 Å². The standard InChI is InChI=1S/C27H23BrN2O7/c1-34-22-12-17(8-9-21(22)36-14-16-6-4-3-5-7-16)15-37-24-20(28)11-18(13-23(24)35-2)10-19-25(31)29-27(33)30-26(19)32/h3-13H,14-15H2,1-2H3,(H2,29,30,31,32,33). The molecule has 1 aliphatic heterocycles. The summed E-state index contributed by atoms with van der Waals surface area (Å²) in [6.07, 6.45) is 1.35. The van der Waals surface area contributed by atoms with Gasteiger partial charge in [0, 0.05) is 0 Å². The molecule has 0 unspecified atom stereocenters. The van der Waals surface area contributed by atoms with Gasteiger partial charge in [0.15, 0.2) is 23.0 Å². The number of carbonyl (C=O) groups is 3. The average molecular weight is 567 g/mol. The lowest BCUT2D eigenvalue weighted by atomic mass is 10.1. The van der Waals surface area contributed by atoms with Gasteiger partial charge in [0.05, 0.1) is 18.7 Å². The summed E-state index contributed by atoms with van der Waals surface area (Å²) in [5, 5.41) is 4.08. The largest absolute Gasteiger partial charge is 0.493 e. The summed E-state index contributed by atoms with van der Waals surface area (Å²) in [4.78, 5) is 35.3. The molecule has 1 heterocycles. The molecule has 4 rings (SSSR count). The van der Waals surface area contributed by atoms with E-state index in [9.17, 15) is 14.4 Å². The Hall–Kier alpha value is -4.31. The van der Waals surface area contributed by atoms with Crippen molar-refractivity contribution in [2.75, 3.05) is 14.2 Å². The topological polar surface area (TPSA) is 112 Å². The van der Waals surface area contributed by atoms with Gasteiger partial charge >= 0.3 is 6.03 Å². The lowest BCUT2D eigenvalue weighted by molar-refractivity contribution is -0.123. The second-order valence-electron chi connectivity index (χ2n) is 7.88. The molecule has 1 fully saturated rings. The predicted molar refractivity (Wildman–Crippen MR) is 138 cm³/mol. The summed E-state index contributed by atoms with van der Waals surface area (Å²) in [5.41, 5.74) is 2.17. The zero-order valence-electron chi connectivity index (χ0n) is 20.0. The van der Waals surface area contributed by atoms with E-state index in [1.807, 2.05) is 59.2 Å². The van der Waals surface area contributed by atoms with Crippen molar-refractivity contribution >= 4 is 39.9 Å². The third-order valence-corrected chi connectivity index (χ3v) is 5.94. The van der Waals surface area contributed by atoms with Crippen LogP contribution in [0.2, 0.25) is 0 Å². The van der Waals surface area contributed by atoms with Gasteiger partial charge < -0.3 is 18.9 Å². The molecule has 37 heavy (non-hydrogen) atoms. The third kappa shape index (κ3) is 6.28. The van der Waals surface area contributed by atoms with Crippen molar-refractivity contribution in [3.05, 3.63) is 87.4 Å². The number of benzene rings is 3. The van der Waals surface area contributed by atoms with Gasteiger partial charge in [-0.05, 0) is 63.0 Å². The van der Waals surface area contributed by atoms with E-state index < -0.39 is 17.8 Å². The van der Waals surface area contributed by atoms with Crippen molar-refractivity contribution < 1.29 is 33.3 Å². The smallest absolute Gasteiger partial charge is 0.328 e. The first kappa shape index (κ1) is 25.8. The second kappa shape index (κ2) is 11.6. The SMILES string of the molecule is COc1cc(COc2c(Br)cc(C=C3C(=O)NC(=O)NC3=O)cc2OC)ccc1OCc1ccccc1. The van der Waals surface area contributed by atoms with Crippen LogP contribution in [-0.4, -0.2) is 32.1 Å². The molecule has 190 valence electrons. The Bertz CT molecular complexity index is 1350. The molecule has 0 saturated carbocycles. The Morgan fingerprint density at radius 3 is 2.11 bits per heavy atom. The summed E-state index contributed by atoms with van der Waals surface area (Å²) < 4.78 is 23.4. The molecule has 1 aliphatic rings. The van der Waals surface area contributed by atoms with Gasteiger partial charge in [-0.15, -0.1) is 0 Å². The Morgan fingerprint density at radius 2 is 1.43 bits per heavy atom. The van der Waals surface area contributed by atoms with E-state index >= 15 is 0 Å². The fourth-order valence-corrected chi connectivity index (χ4v) is 4.12. The van der Waals surface area contributed by atoms with Crippen molar-refractivity contribution in [3.8, 4) is 23.0 Å². The van der Waals surface area contributed by atoms with Crippen molar-refractivity contribution in [2.24, 2.45) is 0 Å². The van der Waals surface area contributed by atoms with Crippen LogP contribution in [0.5, 0.6) is 23.0 Å². The van der Waals surface area contributed by atoms with Crippen molar-refractivity contribution in [1.29, 1.82) is 0 Å². The van der Waals surface area contributed by atoms with E-state index in [0.717, 1.165) is 11.1 Å². The summed E-state index contributed by atoms with van der Waals surface area (Å²) in [7, 11) is 3.05. The van der Waals surface area contributed by atoms with Crippen LogP contribution in [0, 0.1) is 0 Å². The van der Waals surface area contributed by atoms with Crippen LogP contribution in [-0.2, 0) is 22.8 Å². The maximum atomic E-state index is 12.0. The maximum absolute atomic E-state index is 12.0. The Kier molecular flexibility index (Phi) is 8.09. The van der Waals surface area contributed by atoms with E-state index in [0.29, 0.717) is 39.6 Å². The molecule has 0 atom stereocenters. The number of amides is 4. The van der Waals surface area contributed by atoms with Gasteiger partial charge in [-0.3, -0.25) is 20.2 Å². The van der Waals surface area contributed by atoms with Crippen LogP contribution in [0.25, 0.3) is 6.08 Å².